The van der Waals surface area contributed by atoms with Crippen LogP contribution in [0, 0.1) is 5.92 Å². The van der Waals surface area contributed by atoms with Gasteiger partial charge in [-0.25, -0.2) is 4.79 Å². The van der Waals surface area contributed by atoms with Gasteiger partial charge in [-0.1, -0.05) is 25.4 Å². The van der Waals surface area contributed by atoms with Crippen molar-refractivity contribution >= 4 is 23.3 Å². The average Bonchev–Trinajstić information content (AvgIpc) is 2.39. The van der Waals surface area contributed by atoms with Crippen molar-refractivity contribution in [3.63, 3.8) is 0 Å². The van der Waals surface area contributed by atoms with Crippen molar-refractivity contribution in [3.05, 3.63) is 23.2 Å². The van der Waals surface area contributed by atoms with Crippen LogP contribution in [-0.4, -0.2) is 32.9 Å². The topological polar surface area (TPSA) is 59.6 Å². The number of halogens is 1. The molecule has 0 aliphatic carbocycles. The highest BCUT2D eigenvalue weighted by Crippen LogP contribution is 2.27. The van der Waals surface area contributed by atoms with Gasteiger partial charge in [0.2, 0.25) is 0 Å². The largest absolute Gasteiger partial charge is 0.490 e. The molecule has 0 radical (unpaired) electrons. The second-order valence-electron chi connectivity index (χ2n) is 4.72. The van der Waals surface area contributed by atoms with E-state index in [1.54, 1.807) is 25.3 Å². The molecule has 6 heteroatoms. The maximum absolute atomic E-state index is 11.6. The van der Waals surface area contributed by atoms with Crippen molar-refractivity contribution < 1.29 is 14.3 Å². The lowest BCUT2D eigenvalue weighted by molar-refractivity contribution is 0.146. The third-order valence-corrected chi connectivity index (χ3v) is 2.70. The highest BCUT2D eigenvalue weighted by Gasteiger charge is 2.06. The van der Waals surface area contributed by atoms with E-state index in [2.05, 4.69) is 10.6 Å². The zero-order chi connectivity index (χ0) is 15.0. The number of methoxy groups -OCH3 is 1. The van der Waals surface area contributed by atoms with Crippen LogP contribution in [0.15, 0.2) is 18.2 Å². The Balaban J connectivity index is 2.52. The summed E-state index contributed by atoms with van der Waals surface area (Å²) in [5.74, 6) is 0.970. The molecular formula is C14H21ClN2O3. The molecule has 1 rings (SSSR count). The fraction of sp³-hybridized carbons (Fsp3) is 0.500. The second-order valence-corrected chi connectivity index (χ2v) is 5.12. The minimum atomic E-state index is -0.247. The van der Waals surface area contributed by atoms with Crippen molar-refractivity contribution in [3.8, 4) is 5.75 Å². The first-order chi connectivity index (χ1) is 9.52. The molecule has 2 N–H and O–H groups in total. The lowest BCUT2D eigenvalue weighted by Crippen LogP contribution is -2.31. The Kier molecular flexibility index (Phi) is 7.18. The van der Waals surface area contributed by atoms with Gasteiger partial charge in [-0.3, -0.25) is 0 Å². The van der Waals surface area contributed by atoms with Crippen molar-refractivity contribution in [2.75, 3.05) is 32.2 Å². The molecular weight excluding hydrogens is 280 g/mol. The molecule has 0 aliphatic heterocycles. The van der Waals surface area contributed by atoms with E-state index < -0.39 is 0 Å². The van der Waals surface area contributed by atoms with E-state index in [0.717, 1.165) is 0 Å². The number of benzene rings is 1. The summed E-state index contributed by atoms with van der Waals surface area (Å²) in [5, 5.41) is 5.93. The zero-order valence-corrected chi connectivity index (χ0v) is 12.8. The monoisotopic (exact) mass is 300 g/mol. The van der Waals surface area contributed by atoms with Crippen LogP contribution in [0.2, 0.25) is 5.02 Å². The molecule has 0 aliphatic rings. The van der Waals surface area contributed by atoms with Crippen molar-refractivity contribution in [1.82, 2.24) is 5.32 Å². The van der Waals surface area contributed by atoms with E-state index in [9.17, 15) is 4.79 Å². The summed E-state index contributed by atoms with van der Waals surface area (Å²) in [4.78, 5) is 11.6. The van der Waals surface area contributed by atoms with Crippen LogP contribution in [0.5, 0.6) is 5.75 Å². The Morgan fingerprint density at radius 1 is 1.35 bits per heavy atom. The maximum atomic E-state index is 11.6. The van der Waals surface area contributed by atoms with Crippen molar-refractivity contribution in [2.24, 2.45) is 5.92 Å². The number of nitrogens with one attached hydrogen (secondary N) is 2. The molecule has 1 aromatic carbocycles. The number of hydrogen-bond donors (Lipinski definition) is 2. The number of rotatable bonds is 7. The van der Waals surface area contributed by atoms with Crippen molar-refractivity contribution in [2.45, 2.75) is 13.8 Å². The molecule has 0 saturated heterocycles. The Hall–Kier alpha value is -1.46. The zero-order valence-electron chi connectivity index (χ0n) is 12.0. The molecule has 0 spiro atoms. The minimum absolute atomic E-state index is 0.247. The van der Waals surface area contributed by atoms with Gasteiger partial charge in [-0.2, -0.15) is 0 Å². The Labute approximate surface area is 124 Å². The highest BCUT2D eigenvalue weighted by molar-refractivity contribution is 6.32. The van der Waals surface area contributed by atoms with Gasteiger partial charge in [-0.05, 0) is 24.1 Å². The van der Waals surface area contributed by atoms with Gasteiger partial charge in [0.1, 0.15) is 12.4 Å². The fourth-order valence-electron chi connectivity index (χ4n) is 1.40. The molecule has 20 heavy (non-hydrogen) atoms. The van der Waals surface area contributed by atoms with E-state index in [-0.39, 0.29) is 6.03 Å². The fourth-order valence-corrected chi connectivity index (χ4v) is 1.64. The number of carbonyl (C=O) groups excluding carboxylic acids is 1. The van der Waals surface area contributed by atoms with Gasteiger partial charge >= 0.3 is 6.03 Å². The molecule has 0 unspecified atom stereocenters. The van der Waals surface area contributed by atoms with E-state index in [1.807, 2.05) is 13.8 Å². The van der Waals surface area contributed by atoms with Crippen LogP contribution in [0.1, 0.15) is 13.8 Å². The van der Waals surface area contributed by atoms with E-state index in [4.69, 9.17) is 21.1 Å². The first-order valence-corrected chi connectivity index (χ1v) is 6.87. The second kappa shape index (κ2) is 8.66. The van der Waals surface area contributed by atoms with Crippen LogP contribution < -0.4 is 15.4 Å². The molecule has 0 bridgehead atoms. The molecule has 0 atom stereocenters. The van der Waals surface area contributed by atoms with Gasteiger partial charge in [0.05, 0.1) is 11.6 Å². The predicted octanol–water partition coefficient (Wildman–Crippen LogP) is 3.14. The summed E-state index contributed by atoms with van der Waals surface area (Å²) in [6, 6.07) is 4.86. The van der Waals surface area contributed by atoms with Crippen LogP contribution in [0.25, 0.3) is 0 Å². The summed E-state index contributed by atoms with van der Waals surface area (Å²) < 4.78 is 10.3. The summed E-state index contributed by atoms with van der Waals surface area (Å²) in [7, 11) is 1.60. The van der Waals surface area contributed by atoms with Gasteiger partial charge in [0.15, 0.2) is 0 Å². The van der Waals surface area contributed by atoms with E-state index in [1.165, 1.54) is 0 Å². The molecule has 0 aromatic heterocycles. The lowest BCUT2D eigenvalue weighted by Gasteiger charge is -2.11. The Bertz CT molecular complexity index is 438. The highest BCUT2D eigenvalue weighted by atomic mass is 35.5. The Morgan fingerprint density at radius 3 is 2.70 bits per heavy atom. The summed E-state index contributed by atoms with van der Waals surface area (Å²) >= 11 is 6.08. The lowest BCUT2D eigenvalue weighted by atomic mass is 10.2. The first kappa shape index (κ1) is 16.6. The first-order valence-electron chi connectivity index (χ1n) is 6.49. The third kappa shape index (κ3) is 6.12. The van der Waals surface area contributed by atoms with Crippen LogP contribution >= 0.6 is 11.6 Å². The standard InChI is InChI=1S/C14H21ClN2O3/c1-10(2)9-16-14(18)17-11-4-5-13(12(15)8-11)20-7-6-19-3/h4-5,8,10H,6-7,9H2,1-3H3,(H2,16,17,18). The molecule has 0 saturated carbocycles. The normalized spacial score (nSPS) is 10.4. The van der Waals surface area contributed by atoms with Crippen LogP contribution in [0.3, 0.4) is 0 Å². The molecule has 1 aromatic rings. The number of ether oxygens (including phenoxy) is 2. The van der Waals surface area contributed by atoms with E-state index >= 15 is 0 Å². The molecule has 112 valence electrons. The average molecular weight is 301 g/mol. The van der Waals surface area contributed by atoms with Gasteiger partial charge < -0.3 is 20.1 Å². The van der Waals surface area contributed by atoms with Gasteiger partial charge in [0, 0.05) is 19.3 Å². The molecule has 0 heterocycles. The smallest absolute Gasteiger partial charge is 0.319 e. The molecule has 0 fully saturated rings. The van der Waals surface area contributed by atoms with Gasteiger partial charge in [-0.15, -0.1) is 0 Å². The van der Waals surface area contributed by atoms with Crippen molar-refractivity contribution in [1.29, 1.82) is 0 Å². The maximum Gasteiger partial charge on any atom is 0.319 e. The summed E-state index contributed by atoms with van der Waals surface area (Å²) in [6.07, 6.45) is 0. The number of hydrogen-bond acceptors (Lipinski definition) is 3. The number of anilines is 1. The quantitative estimate of drug-likeness (QED) is 0.761. The minimum Gasteiger partial charge on any atom is -0.490 e. The number of urea groups is 1. The number of carbonyl (C=O) groups is 1. The van der Waals surface area contributed by atoms with Crippen LogP contribution in [0.4, 0.5) is 10.5 Å². The SMILES string of the molecule is COCCOc1ccc(NC(=O)NCC(C)C)cc1Cl. The molecule has 5 nitrogen and oxygen atoms in total. The predicted molar refractivity (Wildman–Crippen MR) is 80.7 cm³/mol. The molecule has 2 amide bonds. The number of amides is 2. The summed E-state index contributed by atoms with van der Waals surface area (Å²) in [5.41, 5.74) is 0.621. The van der Waals surface area contributed by atoms with Crippen LogP contribution in [-0.2, 0) is 4.74 Å². The van der Waals surface area contributed by atoms with E-state index in [0.29, 0.717) is 42.1 Å². The third-order valence-electron chi connectivity index (χ3n) is 2.41. The van der Waals surface area contributed by atoms with Gasteiger partial charge in [0.25, 0.3) is 0 Å². The summed E-state index contributed by atoms with van der Waals surface area (Å²) in [6.45, 7) is 5.61. The Morgan fingerprint density at radius 2 is 2.10 bits per heavy atom.